The van der Waals surface area contributed by atoms with E-state index in [1.54, 1.807) is 25.3 Å². The fourth-order valence-corrected chi connectivity index (χ4v) is 2.83. The first kappa shape index (κ1) is 14.8. The molecule has 1 heterocycles. The maximum absolute atomic E-state index is 10.5. The summed E-state index contributed by atoms with van der Waals surface area (Å²) in [7, 11) is -2.19. The summed E-state index contributed by atoms with van der Waals surface area (Å²) in [5.41, 5.74) is 0.861. The summed E-state index contributed by atoms with van der Waals surface area (Å²) in [5.74, 6) is 0.265. The van der Waals surface area contributed by atoms with Gasteiger partial charge in [0.1, 0.15) is 5.15 Å². The summed E-state index contributed by atoms with van der Waals surface area (Å²) in [6.45, 7) is 3.64. The number of nitrogens with zero attached hydrogens (tertiary/aromatic N) is 2. The van der Waals surface area contributed by atoms with Crippen molar-refractivity contribution in [3.05, 3.63) is 39.2 Å². The molecule has 3 N–H and O–H groups in total. The Morgan fingerprint density at radius 3 is 2.83 bits per heavy atom. The zero-order chi connectivity index (χ0) is 13.8. The zero-order valence-corrected chi connectivity index (χ0v) is 11.7. The van der Waals surface area contributed by atoms with Gasteiger partial charge in [0.15, 0.2) is 5.03 Å². The largest absolute Gasteiger partial charge is 0.266 e. The molecule has 0 saturated carbocycles. The van der Waals surface area contributed by atoms with Crippen molar-refractivity contribution in [2.24, 2.45) is 5.14 Å². The van der Waals surface area contributed by atoms with Crippen LogP contribution in [0.4, 0.5) is 0 Å². The first-order chi connectivity index (χ1) is 8.36. The molecule has 0 aliphatic carbocycles. The fraction of sp³-hybridized carbons (Fsp3) is 0.400. The molecule has 0 fully saturated rings. The number of hydrazine groups is 1. The smallest absolute Gasteiger partial charge is 0.169 e. The van der Waals surface area contributed by atoms with Crippen LogP contribution in [-0.2, 0) is 0 Å². The van der Waals surface area contributed by atoms with E-state index >= 15 is 0 Å². The van der Waals surface area contributed by atoms with Gasteiger partial charge in [-0.2, -0.15) is 0 Å². The third kappa shape index (κ3) is 4.19. The molecule has 100 valence electrons. The lowest BCUT2D eigenvalue weighted by molar-refractivity contribution is -0.517. The Kier molecular flexibility index (Phi) is 4.98. The second kappa shape index (κ2) is 6.06. The first-order valence-corrected chi connectivity index (χ1v) is 7.50. The molecule has 1 aromatic rings. The predicted octanol–water partition coefficient (Wildman–Crippen LogP) is 2.19. The van der Waals surface area contributed by atoms with Crippen LogP contribution < -0.4 is 9.97 Å². The van der Waals surface area contributed by atoms with Crippen LogP contribution in [0.15, 0.2) is 18.3 Å². The summed E-state index contributed by atoms with van der Waals surface area (Å²) in [6.07, 6.45) is 1.61. The Bertz CT molecular complexity index is 546. The lowest BCUT2D eigenvalue weighted by Gasteiger charge is -2.15. The monoisotopic (exact) mass is 290 g/mol. The van der Waals surface area contributed by atoms with Gasteiger partial charge in [0, 0.05) is 17.9 Å². The van der Waals surface area contributed by atoms with E-state index in [9.17, 15) is 10.1 Å². The van der Waals surface area contributed by atoms with Crippen molar-refractivity contribution in [2.45, 2.75) is 19.8 Å². The van der Waals surface area contributed by atoms with Gasteiger partial charge < -0.3 is 0 Å². The van der Waals surface area contributed by atoms with Gasteiger partial charge in [0.25, 0.3) is 0 Å². The number of rotatable bonds is 2. The summed E-state index contributed by atoms with van der Waals surface area (Å²) in [4.78, 5) is 16.6. The number of nitro groups is 1. The molecule has 0 aliphatic rings. The fourth-order valence-electron chi connectivity index (χ4n) is 1.33. The average Bonchev–Trinajstić information content (AvgIpc) is 2.28. The van der Waals surface area contributed by atoms with Gasteiger partial charge in [-0.05, 0) is 28.4 Å². The van der Waals surface area contributed by atoms with E-state index in [0.717, 1.165) is 5.56 Å². The number of nitrogens with one attached hydrogen (secondary N) is 1. The van der Waals surface area contributed by atoms with Gasteiger partial charge in [-0.1, -0.05) is 34.6 Å². The minimum absolute atomic E-state index is 0.165. The van der Waals surface area contributed by atoms with Crippen LogP contribution in [0.2, 0.25) is 5.15 Å². The molecule has 18 heavy (non-hydrogen) atoms. The molecule has 6 nitrogen and oxygen atoms in total. The molecular formula is C10H15ClN4O2S. The van der Waals surface area contributed by atoms with E-state index in [1.807, 2.05) is 6.92 Å². The summed E-state index contributed by atoms with van der Waals surface area (Å²) in [6, 6.07) is 3.46. The highest BCUT2D eigenvalue weighted by molar-refractivity contribution is 8.20. The molecule has 0 saturated heterocycles. The molecule has 8 heteroatoms. The highest BCUT2D eigenvalue weighted by Gasteiger charge is 2.11. The molecule has 0 amide bonds. The van der Waals surface area contributed by atoms with Crippen LogP contribution >= 0.6 is 21.4 Å². The maximum Gasteiger partial charge on any atom is 0.169 e. The molecule has 2 atom stereocenters. The maximum atomic E-state index is 10.5. The van der Waals surface area contributed by atoms with E-state index in [-0.39, 0.29) is 5.92 Å². The van der Waals surface area contributed by atoms with Crippen molar-refractivity contribution in [3.8, 4) is 5.18 Å². The Morgan fingerprint density at radius 1 is 1.72 bits per heavy atom. The molecule has 1 rings (SSSR count). The lowest BCUT2D eigenvalue weighted by Crippen LogP contribution is -2.27. The first-order valence-electron chi connectivity index (χ1n) is 5.25. The summed E-state index contributed by atoms with van der Waals surface area (Å²) < 4.78 is 0. The zero-order valence-electron chi connectivity index (χ0n) is 10.1. The van der Waals surface area contributed by atoms with Crippen LogP contribution in [0.1, 0.15) is 25.3 Å². The quantitative estimate of drug-likeness (QED) is 0.495. The molecular weight excluding hydrogens is 276 g/mol. The Hall–Kier alpha value is -1.27. The van der Waals surface area contributed by atoms with Crippen LogP contribution in [0.5, 0.6) is 0 Å². The van der Waals surface area contributed by atoms with Crippen molar-refractivity contribution in [2.75, 3.05) is 5.75 Å². The minimum Gasteiger partial charge on any atom is -0.266 e. The van der Waals surface area contributed by atoms with Crippen molar-refractivity contribution < 1.29 is 5.03 Å². The molecule has 1 aromatic heterocycles. The number of pyridine rings is 1. The van der Waals surface area contributed by atoms with E-state index in [1.165, 1.54) is 0 Å². The third-order valence-corrected chi connectivity index (χ3v) is 4.71. The van der Waals surface area contributed by atoms with E-state index in [4.69, 9.17) is 16.7 Å². The minimum atomic E-state index is -2.19. The highest BCUT2D eigenvalue weighted by atomic mass is 35.5. The third-order valence-electron chi connectivity index (χ3n) is 2.33. The normalized spacial score (nSPS) is 15.3. The van der Waals surface area contributed by atoms with Crippen LogP contribution in [0, 0.1) is 15.3 Å². The molecule has 0 radical (unpaired) electrons. The summed E-state index contributed by atoms with van der Waals surface area (Å²) in [5, 5.41) is 19.2. The van der Waals surface area contributed by atoms with E-state index < -0.39 is 14.8 Å². The van der Waals surface area contributed by atoms with Crippen molar-refractivity contribution in [3.63, 3.8) is 0 Å². The van der Waals surface area contributed by atoms with Crippen LogP contribution in [0.3, 0.4) is 0 Å². The van der Waals surface area contributed by atoms with Crippen molar-refractivity contribution in [1.29, 1.82) is 0 Å². The molecule has 2 unspecified atom stereocenters. The number of aromatic nitrogens is 1. The van der Waals surface area contributed by atoms with E-state index in [2.05, 4.69) is 15.0 Å². The molecule has 0 aromatic carbocycles. The van der Waals surface area contributed by atoms with Gasteiger partial charge >= 0.3 is 0 Å². The van der Waals surface area contributed by atoms with Crippen LogP contribution in [0.25, 0.3) is 0 Å². The van der Waals surface area contributed by atoms with Gasteiger partial charge in [-0.25, -0.2) is 15.1 Å². The topological polar surface area (TPSA) is 94.1 Å². The van der Waals surface area contributed by atoms with Gasteiger partial charge in [0.05, 0.1) is 0 Å². The summed E-state index contributed by atoms with van der Waals surface area (Å²) >= 11 is 5.69. The number of nitrogens with two attached hydrogens (primary N) is 1. The Balaban J connectivity index is 3.06. The van der Waals surface area contributed by atoms with Gasteiger partial charge in [-0.15, -0.1) is 0 Å². The van der Waals surface area contributed by atoms with Crippen molar-refractivity contribution >= 4 is 21.4 Å². The lowest BCUT2D eigenvalue weighted by atomic mass is 10.1. The van der Waals surface area contributed by atoms with Gasteiger partial charge in [0.2, 0.25) is 0 Å². The predicted molar refractivity (Wildman–Crippen MR) is 74.0 cm³/mol. The second-order valence-corrected chi connectivity index (χ2v) is 6.65. The number of hydrogen-bond donors (Lipinski definition) is 2. The Morgan fingerprint density at radius 2 is 2.39 bits per heavy atom. The number of halogens is 1. The highest BCUT2D eigenvalue weighted by Crippen LogP contribution is 2.23. The number of hydrogen-bond acceptors (Lipinski definition) is 4. The van der Waals surface area contributed by atoms with Crippen LogP contribution in [-0.4, -0.2) is 15.8 Å². The van der Waals surface area contributed by atoms with E-state index in [0.29, 0.717) is 10.9 Å². The van der Waals surface area contributed by atoms with Crippen molar-refractivity contribution in [1.82, 2.24) is 9.82 Å². The Labute approximate surface area is 111 Å². The van der Waals surface area contributed by atoms with Gasteiger partial charge in [-0.3, -0.25) is 5.14 Å². The second-order valence-electron chi connectivity index (χ2n) is 3.68. The molecule has 0 bridgehead atoms. The standard InChI is InChI=1S/C10H15ClN4O2S/c1-3-18(12,14-15(16)17)7-8(2)9-4-5-10(11)13-6-9/h4-6,8,14H,3,12H2,1-2H3. The SMILES string of the molecule is CCS(N)(#CC(C)c1ccc(Cl)nc1)N[N+](=O)[O-]. The molecule has 0 aliphatic heterocycles. The average molecular weight is 291 g/mol. The molecule has 0 spiro atoms.